The van der Waals surface area contributed by atoms with E-state index in [2.05, 4.69) is 41.2 Å². The number of rotatable bonds is 6. The van der Waals surface area contributed by atoms with Crippen LogP contribution in [0.3, 0.4) is 0 Å². The molecule has 0 radical (unpaired) electrons. The molecule has 0 bridgehead atoms. The molecule has 0 aliphatic carbocycles. The van der Waals surface area contributed by atoms with E-state index in [4.69, 9.17) is 0 Å². The van der Waals surface area contributed by atoms with Crippen LogP contribution in [0.2, 0.25) is 0 Å². The molecule has 1 fully saturated rings. The highest BCUT2D eigenvalue weighted by Gasteiger charge is 2.24. The zero-order valence-corrected chi connectivity index (χ0v) is 16.8. The molecule has 29 heavy (non-hydrogen) atoms. The zero-order chi connectivity index (χ0) is 20.8. The summed E-state index contributed by atoms with van der Waals surface area (Å²) < 4.78 is 0. The van der Waals surface area contributed by atoms with Crippen molar-refractivity contribution in [3.05, 3.63) is 64.3 Å². The zero-order valence-electron chi connectivity index (χ0n) is 16.8. The molecule has 2 aromatic rings. The fourth-order valence-corrected chi connectivity index (χ4v) is 3.59. The number of urea groups is 1. The molecule has 1 N–H and O–H groups in total. The first-order chi connectivity index (χ1) is 14.0. The summed E-state index contributed by atoms with van der Waals surface area (Å²) in [5.41, 5.74) is 2.07. The van der Waals surface area contributed by atoms with Gasteiger partial charge in [0.05, 0.1) is 5.69 Å². The first kappa shape index (κ1) is 20.6. The minimum Gasteiger partial charge on any atom is -0.365 e. The predicted octanol–water partition coefficient (Wildman–Crippen LogP) is 3.26. The van der Waals surface area contributed by atoms with Crippen molar-refractivity contribution in [1.29, 1.82) is 0 Å². The molecule has 2 amide bonds. The molecule has 8 nitrogen and oxygen atoms in total. The van der Waals surface area contributed by atoms with Crippen molar-refractivity contribution >= 4 is 17.5 Å². The van der Waals surface area contributed by atoms with Gasteiger partial charge in [-0.05, 0) is 27.5 Å². The first-order valence-electron chi connectivity index (χ1n) is 9.89. The van der Waals surface area contributed by atoms with E-state index in [1.807, 2.05) is 23.1 Å². The van der Waals surface area contributed by atoms with Crippen LogP contribution in [-0.2, 0) is 0 Å². The van der Waals surface area contributed by atoms with Crippen LogP contribution < -0.4 is 10.2 Å². The van der Waals surface area contributed by atoms with E-state index < -0.39 is 4.92 Å². The van der Waals surface area contributed by atoms with Crippen molar-refractivity contribution in [3.63, 3.8) is 0 Å². The lowest BCUT2D eigenvalue weighted by Gasteiger charge is -2.36. The molecule has 0 spiro atoms. The van der Waals surface area contributed by atoms with E-state index in [0.717, 1.165) is 5.69 Å². The monoisotopic (exact) mass is 397 g/mol. The summed E-state index contributed by atoms with van der Waals surface area (Å²) in [4.78, 5) is 30.6. The largest absolute Gasteiger partial charge is 0.365 e. The summed E-state index contributed by atoms with van der Waals surface area (Å²) in [6, 6.07) is 13.3. The van der Waals surface area contributed by atoms with Gasteiger partial charge in [0.1, 0.15) is 0 Å². The maximum absolute atomic E-state index is 12.6. The highest BCUT2D eigenvalue weighted by atomic mass is 16.6. The van der Waals surface area contributed by atoms with E-state index in [1.165, 1.54) is 17.8 Å². The SMILES string of the molecule is CC(C)[C@@H](CNC(=O)N1CCN(c2ccc([N+](=O)[O-])nc2)CC1)c1ccccc1. The van der Waals surface area contributed by atoms with Crippen LogP contribution in [0.5, 0.6) is 0 Å². The first-order valence-corrected chi connectivity index (χ1v) is 9.89. The van der Waals surface area contributed by atoms with Gasteiger partial charge in [0, 0.05) is 44.7 Å². The number of carbonyl (C=O) groups is 1. The maximum Gasteiger partial charge on any atom is 0.363 e. The number of pyridine rings is 1. The molecular formula is C21H27N5O3. The number of anilines is 1. The molecule has 8 heteroatoms. The summed E-state index contributed by atoms with van der Waals surface area (Å²) in [6.07, 6.45) is 1.51. The topological polar surface area (TPSA) is 91.6 Å². The Morgan fingerprint density at radius 1 is 1.14 bits per heavy atom. The molecule has 2 heterocycles. The van der Waals surface area contributed by atoms with E-state index in [1.54, 1.807) is 6.07 Å². The van der Waals surface area contributed by atoms with Crippen LogP contribution >= 0.6 is 0 Å². The van der Waals surface area contributed by atoms with Gasteiger partial charge in [-0.1, -0.05) is 44.2 Å². The predicted molar refractivity (Wildman–Crippen MR) is 112 cm³/mol. The van der Waals surface area contributed by atoms with Crippen molar-refractivity contribution in [1.82, 2.24) is 15.2 Å². The molecule has 1 saturated heterocycles. The third-order valence-electron chi connectivity index (χ3n) is 5.36. The minimum atomic E-state index is -0.508. The number of benzene rings is 1. The van der Waals surface area contributed by atoms with Gasteiger partial charge in [0.2, 0.25) is 0 Å². The quantitative estimate of drug-likeness (QED) is 0.597. The van der Waals surface area contributed by atoms with Crippen LogP contribution in [-0.4, -0.2) is 53.6 Å². The average Bonchev–Trinajstić information content (AvgIpc) is 2.74. The van der Waals surface area contributed by atoms with Gasteiger partial charge in [-0.15, -0.1) is 0 Å². The lowest BCUT2D eigenvalue weighted by atomic mass is 9.88. The molecule has 3 rings (SSSR count). The van der Waals surface area contributed by atoms with Crippen molar-refractivity contribution in [3.8, 4) is 0 Å². The van der Waals surface area contributed by atoms with Crippen molar-refractivity contribution in [2.75, 3.05) is 37.6 Å². The van der Waals surface area contributed by atoms with Crippen molar-refractivity contribution in [2.45, 2.75) is 19.8 Å². The van der Waals surface area contributed by atoms with Gasteiger partial charge >= 0.3 is 11.8 Å². The summed E-state index contributed by atoms with van der Waals surface area (Å²) in [5.74, 6) is 0.529. The third kappa shape index (κ3) is 5.22. The molecule has 0 unspecified atom stereocenters. The second kappa shape index (κ2) is 9.36. The Kier molecular flexibility index (Phi) is 6.64. The maximum atomic E-state index is 12.6. The van der Waals surface area contributed by atoms with E-state index >= 15 is 0 Å². The van der Waals surface area contributed by atoms with E-state index in [-0.39, 0.29) is 17.8 Å². The number of nitrogens with zero attached hydrogens (tertiary/aromatic N) is 4. The standard InChI is InChI=1S/C21H27N5O3/c1-16(2)19(17-6-4-3-5-7-17)15-23-21(27)25-12-10-24(11-13-25)18-8-9-20(22-14-18)26(28)29/h3-9,14,16,19H,10-13,15H2,1-2H3,(H,23,27)/t19-/m1/s1. The number of nitrogens with one attached hydrogen (secondary N) is 1. The van der Waals surface area contributed by atoms with Gasteiger partial charge in [-0.3, -0.25) is 0 Å². The smallest absolute Gasteiger partial charge is 0.363 e. The van der Waals surface area contributed by atoms with E-state index in [0.29, 0.717) is 38.6 Å². The highest BCUT2D eigenvalue weighted by Crippen LogP contribution is 2.23. The average molecular weight is 397 g/mol. The van der Waals surface area contributed by atoms with Crippen LogP contribution in [0.15, 0.2) is 48.7 Å². The van der Waals surface area contributed by atoms with Crippen molar-refractivity contribution in [2.24, 2.45) is 5.92 Å². The summed E-state index contributed by atoms with van der Waals surface area (Å²) >= 11 is 0. The van der Waals surface area contributed by atoms with Crippen molar-refractivity contribution < 1.29 is 9.72 Å². The van der Waals surface area contributed by atoms with Crippen LogP contribution in [0.4, 0.5) is 16.3 Å². The van der Waals surface area contributed by atoms with Crippen LogP contribution in [0, 0.1) is 16.0 Å². The Labute approximate surface area is 170 Å². The number of nitro groups is 1. The lowest BCUT2D eigenvalue weighted by Crippen LogP contribution is -2.52. The highest BCUT2D eigenvalue weighted by molar-refractivity contribution is 5.74. The van der Waals surface area contributed by atoms with Gasteiger partial charge < -0.3 is 25.2 Å². The molecule has 1 aliphatic rings. The Bertz CT molecular complexity index is 818. The number of piperazine rings is 1. The van der Waals surface area contributed by atoms with Gasteiger partial charge in [0.15, 0.2) is 6.20 Å². The molecule has 1 atom stereocenters. The summed E-state index contributed by atoms with van der Waals surface area (Å²) in [5, 5.41) is 13.8. The van der Waals surface area contributed by atoms with E-state index in [9.17, 15) is 14.9 Å². The second-order valence-corrected chi connectivity index (χ2v) is 7.55. The molecule has 154 valence electrons. The number of hydrogen-bond acceptors (Lipinski definition) is 5. The van der Waals surface area contributed by atoms with Gasteiger partial charge in [-0.2, -0.15) is 0 Å². The minimum absolute atomic E-state index is 0.0481. The second-order valence-electron chi connectivity index (χ2n) is 7.55. The van der Waals surface area contributed by atoms with Crippen LogP contribution in [0.25, 0.3) is 0 Å². The Morgan fingerprint density at radius 3 is 2.38 bits per heavy atom. The molecule has 1 aliphatic heterocycles. The normalized spacial score (nSPS) is 15.3. The third-order valence-corrected chi connectivity index (χ3v) is 5.36. The number of hydrogen-bond donors (Lipinski definition) is 1. The Balaban J connectivity index is 1.51. The Hall–Kier alpha value is -3.16. The lowest BCUT2D eigenvalue weighted by molar-refractivity contribution is -0.389. The summed E-state index contributed by atoms with van der Waals surface area (Å²) in [7, 11) is 0. The van der Waals surface area contributed by atoms with Gasteiger partial charge in [0.25, 0.3) is 0 Å². The number of amides is 2. The van der Waals surface area contributed by atoms with Crippen LogP contribution in [0.1, 0.15) is 25.3 Å². The molecule has 1 aromatic heterocycles. The fraction of sp³-hybridized carbons (Fsp3) is 0.429. The Morgan fingerprint density at radius 2 is 1.83 bits per heavy atom. The van der Waals surface area contributed by atoms with Gasteiger partial charge in [-0.25, -0.2) is 4.79 Å². The molecule has 1 aromatic carbocycles. The number of aromatic nitrogens is 1. The molecular weight excluding hydrogens is 370 g/mol. The fourth-order valence-electron chi connectivity index (χ4n) is 3.59. The molecule has 0 saturated carbocycles. The number of carbonyl (C=O) groups excluding carboxylic acids is 1. The summed E-state index contributed by atoms with van der Waals surface area (Å²) in [6.45, 7) is 7.47.